The molecule has 0 fully saturated rings. The molecule has 2 heterocycles. The molecule has 0 saturated heterocycles. The van der Waals surface area contributed by atoms with Gasteiger partial charge in [-0.3, -0.25) is 10.1 Å². The molecule has 0 radical (unpaired) electrons. The van der Waals surface area contributed by atoms with E-state index in [1.807, 2.05) is 31.2 Å². The number of nitrogens with one attached hydrogen (secondary N) is 1. The van der Waals surface area contributed by atoms with Crippen LogP contribution in [-0.2, 0) is 0 Å². The number of para-hydroxylation sites is 1. The second-order valence-corrected chi connectivity index (χ2v) is 4.33. The van der Waals surface area contributed by atoms with Gasteiger partial charge < -0.3 is 5.11 Å². The Kier molecular flexibility index (Phi) is 2.76. The van der Waals surface area contributed by atoms with Crippen molar-refractivity contribution in [2.24, 2.45) is 0 Å². The van der Waals surface area contributed by atoms with Crippen LogP contribution < -0.4 is 0 Å². The number of hydrogen-bond acceptors (Lipinski definition) is 3. The number of aromatic amines is 1. The number of hydrogen-bond donors (Lipinski definition) is 2. The molecule has 19 heavy (non-hydrogen) atoms. The van der Waals surface area contributed by atoms with Crippen LogP contribution >= 0.6 is 0 Å². The van der Waals surface area contributed by atoms with Crippen LogP contribution in [0.25, 0.3) is 22.4 Å². The molecule has 0 amide bonds. The van der Waals surface area contributed by atoms with Gasteiger partial charge in [0.15, 0.2) is 0 Å². The first-order chi connectivity index (χ1) is 9.27. The van der Waals surface area contributed by atoms with Gasteiger partial charge in [0.1, 0.15) is 11.4 Å². The minimum absolute atomic E-state index is 0.252. The average Bonchev–Trinajstić information content (AvgIpc) is 2.82. The minimum Gasteiger partial charge on any atom is -0.507 e. The van der Waals surface area contributed by atoms with Crippen molar-refractivity contribution in [3.05, 3.63) is 54.5 Å². The second kappa shape index (κ2) is 4.57. The number of aromatic hydroxyl groups is 1. The number of aromatic nitrogens is 3. The first-order valence-electron chi connectivity index (χ1n) is 6.01. The fourth-order valence-corrected chi connectivity index (χ4v) is 2.16. The van der Waals surface area contributed by atoms with Crippen LogP contribution in [0.1, 0.15) is 5.69 Å². The predicted molar refractivity (Wildman–Crippen MR) is 73.7 cm³/mol. The molecule has 0 saturated carbocycles. The van der Waals surface area contributed by atoms with Gasteiger partial charge in [-0.1, -0.05) is 18.2 Å². The van der Waals surface area contributed by atoms with Crippen molar-refractivity contribution >= 4 is 0 Å². The molecule has 2 aromatic heterocycles. The molecule has 3 aromatic rings. The summed E-state index contributed by atoms with van der Waals surface area (Å²) in [6.07, 6.45) is 3.46. The standard InChI is InChI=1S/C15H13N3O/c1-10-14(12-4-2-3-5-13(12)19)15(18-17-10)11-6-8-16-9-7-11/h2-9,19H,1H3,(H,17,18). The smallest absolute Gasteiger partial charge is 0.123 e. The number of benzene rings is 1. The number of pyridine rings is 1. The summed E-state index contributed by atoms with van der Waals surface area (Å²) >= 11 is 0. The summed E-state index contributed by atoms with van der Waals surface area (Å²) in [5.41, 5.74) is 4.41. The van der Waals surface area contributed by atoms with Gasteiger partial charge in [0, 0.05) is 34.8 Å². The predicted octanol–water partition coefficient (Wildman–Crippen LogP) is 3.15. The van der Waals surface area contributed by atoms with E-state index in [4.69, 9.17) is 0 Å². The molecule has 0 atom stereocenters. The number of phenols is 1. The maximum atomic E-state index is 10.0. The lowest BCUT2D eigenvalue weighted by atomic mass is 9.99. The molecular formula is C15H13N3O. The van der Waals surface area contributed by atoms with Crippen LogP contribution in [0.2, 0.25) is 0 Å². The summed E-state index contributed by atoms with van der Waals surface area (Å²) in [6, 6.07) is 11.1. The number of rotatable bonds is 2. The summed E-state index contributed by atoms with van der Waals surface area (Å²) in [5.74, 6) is 0.252. The number of nitrogens with zero attached hydrogens (tertiary/aromatic N) is 2. The molecule has 4 nitrogen and oxygen atoms in total. The SMILES string of the molecule is Cc1[nH]nc(-c2ccncc2)c1-c1ccccc1O. The molecule has 2 N–H and O–H groups in total. The molecule has 0 unspecified atom stereocenters. The van der Waals surface area contributed by atoms with E-state index < -0.39 is 0 Å². The highest BCUT2D eigenvalue weighted by Crippen LogP contribution is 2.37. The van der Waals surface area contributed by atoms with Gasteiger partial charge in [-0.2, -0.15) is 5.10 Å². The van der Waals surface area contributed by atoms with Crippen LogP contribution in [-0.4, -0.2) is 20.3 Å². The van der Waals surface area contributed by atoms with Gasteiger partial charge in [-0.15, -0.1) is 0 Å². The van der Waals surface area contributed by atoms with Crippen LogP contribution in [0, 0.1) is 6.92 Å². The van der Waals surface area contributed by atoms with Gasteiger partial charge in [0.25, 0.3) is 0 Å². The summed E-state index contributed by atoms with van der Waals surface area (Å²) < 4.78 is 0. The zero-order chi connectivity index (χ0) is 13.2. The van der Waals surface area contributed by atoms with Crippen LogP contribution in [0.15, 0.2) is 48.8 Å². The Bertz CT molecular complexity index is 704. The summed E-state index contributed by atoms with van der Waals surface area (Å²) in [7, 11) is 0. The van der Waals surface area contributed by atoms with Crippen molar-refractivity contribution in [2.45, 2.75) is 6.92 Å². The molecule has 0 aliphatic rings. The Morgan fingerprint density at radius 3 is 2.53 bits per heavy atom. The third kappa shape index (κ3) is 1.97. The highest BCUT2D eigenvalue weighted by molar-refractivity contribution is 5.85. The van der Waals surface area contributed by atoms with Crippen molar-refractivity contribution < 1.29 is 5.11 Å². The highest BCUT2D eigenvalue weighted by Gasteiger charge is 2.16. The quantitative estimate of drug-likeness (QED) is 0.735. The van der Waals surface area contributed by atoms with E-state index in [1.165, 1.54) is 0 Å². The summed E-state index contributed by atoms with van der Waals surface area (Å²) in [5, 5.41) is 17.3. The third-order valence-corrected chi connectivity index (χ3v) is 3.07. The Hall–Kier alpha value is -2.62. The van der Waals surface area contributed by atoms with Crippen LogP contribution in [0.5, 0.6) is 5.75 Å². The van der Waals surface area contributed by atoms with Crippen molar-refractivity contribution in [3.63, 3.8) is 0 Å². The van der Waals surface area contributed by atoms with Crippen molar-refractivity contribution in [2.75, 3.05) is 0 Å². The van der Waals surface area contributed by atoms with Gasteiger partial charge >= 0.3 is 0 Å². The van der Waals surface area contributed by atoms with Gasteiger partial charge in [0.05, 0.1) is 0 Å². The third-order valence-electron chi connectivity index (χ3n) is 3.07. The molecule has 94 valence electrons. The van der Waals surface area contributed by atoms with E-state index in [1.54, 1.807) is 24.5 Å². The molecule has 1 aromatic carbocycles. The first-order valence-corrected chi connectivity index (χ1v) is 6.01. The molecule has 3 rings (SSSR count). The lowest BCUT2D eigenvalue weighted by Crippen LogP contribution is -1.85. The van der Waals surface area contributed by atoms with Crippen molar-refractivity contribution in [1.82, 2.24) is 15.2 Å². The van der Waals surface area contributed by atoms with E-state index in [0.717, 1.165) is 28.1 Å². The van der Waals surface area contributed by atoms with Crippen molar-refractivity contribution in [3.8, 4) is 28.1 Å². The molecule has 4 heteroatoms. The Labute approximate surface area is 110 Å². The fourth-order valence-electron chi connectivity index (χ4n) is 2.16. The fraction of sp³-hybridized carbons (Fsp3) is 0.0667. The van der Waals surface area contributed by atoms with Gasteiger partial charge in [0.2, 0.25) is 0 Å². The summed E-state index contributed by atoms with van der Waals surface area (Å²) in [6.45, 7) is 1.94. The minimum atomic E-state index is 0.252. The Balaban J connectivity index is 2.23. The average molecular weight is 251 g/mol. The lowest BCUT2D eigenvalue weighted by Gasteiger charge is -2.06. The summed E-state index contributed by atoms with van der Waals surface area (Å²) in [4.78, 5) is 4.01. The van der Waals surface area contributed by atoms with Gasteiger partial charge in [-0.25, -0.2) is 0 Å². The normalized spacial score (nSPS) is 10.6. The topological polar surface area (TPSA) is 61.8 Å². The van der Waals surface area contributed by atoms with E-state index >= 15 is 0 Å². The molecule has 0 spiro atoms. The molecule has 0 aliphatic carbocycles. The maximum Gasteiger partial charge on any atom is 0.123 e. The van der Waals surface area contributed by atoms with Crippen LogP contribution in [0.4, 0.5) is 0 Å². The van der Waals surface area contributed by atoms with E-state index in [-0.39, 0.29) is 5.75 Å². The van der Waals surface area contributed by atoms with Gasteiger partial charge in [-0.05, 0) is 25.1 Å². The number of phenolic OH excluding ortho intramolecular Hbond substituents is 1. The maximum absolute atomic E-state index is 10.0. The van der Waals surface area contributed by atoms with Crippen molar-refractivity contribution in [1.29, 1.82) is 0 Å². The Morgan fingerprint density at radius 1 is 1.05 bits per heavy atom. The largest absolute Gasteiger partial charge is 0.507 e. The van der Waals surface area contributed by atoms with E-state index in [0.29, 0.717) is 0 Å². The molecular weight excluding hydrogens is 238 g/mol. The molecule has 0 aliphatic heterocycles. The lowest BCUT2D eigenvalue weighted by molar-refractivity contribution is 0.477. The van der Waals surface area contributed by atoms with E-state index in [9.17, 15) is 5.11 Å². The zero-order valence-corrected chi connectivity index (χ0v) is 10.5. The Morgan fingerprint density at radius 2 is 1.79 bits per heavy atom. The zero-order valence-electron chi connectivity index (χ0n) is 10.5. The van der Waals surface area contributed by atoms with E-state index in [2.05, 4.69) is 15.2 Å². The second-order valence-electron chi connectivity index (χ2n) is 4.33. The number of aryl methyl sites for hydroxylation is 1. The first kappa shape index (κ1) is 11.5. The van der Waals surface area contributed by atoms with Crippen LogP contribution in [0.3, 0.4) is 0 Å². The molecule has 0 bridgehead atoms. The number of H-pyrrole nitrogens is 1. The highest BCUT2D eigenvalue weighted by atomic mass is 16.3. The monoisotopic (exact) mass is 251 g/mol.